The molecule has 3 saturated heterocycles. The maximum absolute atomic E-state index is 12.3. The minimum Gasteiger partial charge on any atom is -0.459 e. The number of hydrogen-bond acceptors (Lipinski definition) is 7. The van der Waals surface area contributed by atoms with Crippen molar-refractivity contribution in [1.29, 1.82) is 0 Å². The number of rotatable bonds is 9. The number of nitrogens with one attached hydrogen (secondary N) is 1. The van der Waals surface area contributed by atoms with Gasteiger partial charge in [0.2, 0.25) is 5.91 Å². The largest absolute Gasteiger partial charge is 0.459 e. The first-order valence-corrected chi connectivity index (χ1v) is 12.3. The van der Waals surface area contributed by atoms with Crippen LogP contribution in [0.15, 0.2) is 36.5 Å². The van der Waals surface area contributed by atoms with E-state index in [0.717, 1.165) is 32.3 Å². The fraction of sp³-hybridized carbons (Fsp3) is 0.692. The Morgan fingerprint density at radius 1 is 1.24 bits per heavy atom. The predicted molar refractivity (Wildman–Crippen MR) is 129 cm³/mol. The molecule has 1 spiro atoms. The molecule has 3 fully saturated rings. The van der Waals surface area contributed by atoms with Crippen molar-refractivity contribution in [3.63, 3.8) is 0 Å². The van der Waals surface area contributed by atoms with Crippen molar-refractivity contribution in [2.24, 2.45) is 11.7 Å². The van der Waals surface area contributed by atoms with E-state index in [0.29, 0.717) is 12.5 Å². The van der Waals surface area contributed by atoms with Crippen molar-refractivity contribution in [2.45, 2.75) is 95.5 Å². The number of nitrogens with two attached hydrogens (primary N) is 1. The van der Waals surface area contributed by atoms with E-state index in [1.54, 1.807) is 13.0 Å². The molecule has 0 unspecified atom stereocenters. The van der Waals surface area contributed by atoms with Gasteiger partial charge >= 0.3 is 5.97 Å². The fourth-order valence-corrected chi connectivity index (χ4v) is 4.75. The van der Waals surface area contributed by atoms with Crippen LogP contribution in [-0.4, -0.2) is 67.2 Å². The van der Waals surface area contributed by atoms with Gasteiger partial charge in [-0.15, -0.1) is 0 Å². The first-order chi connectivity index (χ1) is 16.2. The number of esters is 1. The summed E-state index contributed by atoms with van der Waals surface area (Å²) in [6.45, 7) is 8.52. The van der Waals surface area contributed by atoms with Gasteiger partial charge in [-0.25, -0.2) is 0 Å². The van der Waals surface area contributed by atoms with Crippen molar-refractivity contribution >= 4 is 11.9 Å². The van der Waals surface area contributed by atoms with Crippen molar-refractivity contribution in [1.82, 2.24) is 5.32 Å². The third-order valence-electron chi connectivity index (χ3n) is 6.71. The molecular weight excluding hydrogens is 436 g/mol. The minimum absolute atomic E-state index is 0.00908. The van der Waals surface area contributed by atoms with Crippen molar-refractivity contribution in [3.05, 3.63) is 36.5 Å². The van der Waals surface area contributed by atoms with Crippen LogP contribution in [0.5, 0.6) is 0 Å². The molecule has 3 aliphatic heterocycles. The van der Waals surface area contributed by atoms with Crippen LogP contribution in [0, 0.1) is 5.92 Å². The quantitative estimate of drug-likeness (QED) is 0.228. The van der Waals surface area contributed by atoms with Crippen molar-refractivity contribution < 1.29 is 28.5 Å². The smallest absolute Gasteiger partial charge is 0.303 e. The summed E-state index contributed by atoms with van der Waals surface area (Å²) in [5, 5.41) is 3.01. The Kier molecular flexibility index (Phi) is 9.47. The second-order valence-corrected chi connectivity index (χ2v) is 9.84. The summed E-state index contributed by atoms with van der Waals surface area (Å²) < 4.78 is 22.9. The third kappa shape index (κ3) is 8.05. The molecule has 0 aromatic rings. The number of hydrogen-bond donors (Lipinski definition) is 2. The third-order valence-corrected chi connectivity index (χ3v) is 6.71. The van der Waals surface area contributed by atoms with Gasteiger partial charge in [-0.3, -0.25) is 9.59 Å². The normalized spacial score (nSPS) is 36.9. The zero-order valence-electron chi connectivity index (χ0n) is 20.8. The van der Waals surface area contributed by atoms with Crippen LogP contribution in [0.4, 0.5) is 0 Å². The van der Waals surface area contributed by atoms with Crippen LogP contribution in [-0.2, 0) is 28.5 Å². The molecule has 3 aliphatic rings. The molecule has 3 rings (SSSR count). The molecule has 0 bridgehead atoms. The van der Waals surface area contributed by atoms with Gasteiger partial charge < -0.3 is 30.0 Å². The highest BCUT2D eigenvalue weighted by atomic mass is 16.6. The van der Waals surface area contributed by atoms with E-state index in [-0.39, 0.29) is 47.9 Å². The zero-order chi connectivity index (χ0) is 24.7. The Morgan fingerprint density at radius 3 is 2.68 bits per heavy atom. The number of allylic oxidation sites excluding steroid dienone is 2. The summed E-state index contributed by atoms with van der Waals surface area (Å²) in [4.78, 5) is 23.2. The highest BCUT2D eigenvalue weighted by Crippen LogP contribution is 2.42. The molecular formula is C26H40N2O6. The monoisotopic (exact) mass is 476 g/mol. The topological polar surface area (TPSA) is 112 Å². The number of carbonyl (C=O) groups is 2. The van der Waals surface area contributed by atoms with E-state index in [2.05, 4.69) is 24.4 Å². The number of amides is 1. The van der Waals surface area contributed by atoms with Crippen molar-refractivity contribution in [3.8, 4) is 0 Å². The Labute approximate surface area is 202 Å². The summed E-state index contributed by atoms with van der Waals surface area (Å²) >= 11 is 0. The maximum atomic E-state index is 12.3. The lowest BCUT2D eigenvalue weighted by Crippen LogP contribution is -2.50. The van der Waals surface area contributed by atoms with Gasteiger partial charge in [0, 0.05) is 32.4 Å². The zero-order valence-corrected chi connectivity index (χ0v) is 20.8. The Bertz CT molecular complexity index is 790. The molecule has 0 aromatic carbocycles. The number of epoxide rings is 1. The summed E-state index contributed by atoms with van der Waals surface area (Å²) in [5.41, 5.74) is 5.79. The van der Waals surface area contributed by atoms with Gasteiger partial charge in [0.25, 0.3) is 0 Å². The minimum atomic E-state index is -0.442. The van der Waals surface area contributed by atoms with Crippen LogP contribution in [0.1, 0.15) is 53.4 Å². The van der Waals surface area contributed by atoms with Gasteiger partial charge in [0.15, 0.2) is 0 Å². The van der Waals surface area contributed by atoms with E-state index in [9.17, 15) is 9.59 Å². The molecule has 190 valence electrons. The second-order valence-electron chi connectivity index (χ2n) is 9.84. The van der Waals surface area contributed by atoms with Crippen molar-refractivity contribution in [2.75, 3.05) is 13.2 Å². The van der Waals surface area contributed by atoms with E-state index in [1.807, 2.05) is 19.1 Å². The molecule has 0 aromatic heterocycles. The van der Waals surface area contributed by atoms with Gasteiger partial charge in [0.1, 0.15) is 6.10 Å². The Hall–Kier alpha value is -2.00. The lowest BCUT2D eigenvalue weighted by molar-refractivity contribution is -0.143. The molecule has 8 nitrogen and oxygen atoms in total. The van der Waals surface area contributed by atoms with E-state index in [1.165, 1.54) is 13.0 Å². The molecule has 3 N–H and O–H groups in total. The summed E-state index contributed by atoms with van der Waals surface area (Å²) in [5.74, 6) is -0.284. The highest BCUT2D eigenvalue weighted by molar-refractivity contribution is 5.87. The van der Waals surface area contributed by atoms with E-state index in [4.69, 9.17) is 24.7 Å². The standard InChI is InChI=1S/C26H40N2O6/c1-17-12-23(28-25(30)11-10-18(2)32-20(4)29)19(3)33-24(17)9-7-5-6-8-21-13-26(16-31-26)14-22(15-27)34-21/h5-8,10-11,17-19,21-24H,9,12-16,27H2,1-4H3,(H,28,30)/b7-5+,8-6+,11-10-/t17-,18-,19+,21+,22-,23+,24-,26+/m0/s1. The van der Waals surface area contributed by atoms with Crippen LogP contribution < -0.4 is 11.1 Å². The summed E-state index contributed by atoms with van der Waals surface area (Å²) in [6, 6.07) is -0.0628. The van der Waals surface area contributed by atoms with E-state index < -0.39 is 6.10 Å². The van der Waals surface area contributed by atoms with Gasteiger partial charge in [-0.2, -0.15) is 0 Å². The molecule has 0 radical (unpaired) electrons. The lowest BCUT2D eigenvalue weighted by atomic mass is 9.88. The van der Waals surface area contributed by atoms with Crippen LogP contribution >= 0.6 is 0 Å². The fourth-order valence-electron chi connectivity index (χ4n) is 4.75. The Morgan fingerprint density at radius 2 is 2.00 bits per heavy atom. The van der Waals surface area contributed by atoms with Crippen LogP contribution in [0.3, 0.4) is 0 Å². The molecule has 8 atom stereocenters. The summed E-state index contributed by atoms with van der Waals surface area (Å²) in [6.07, 6.45) is 14.3. The first-order valence-electron chi connectivity index (χ1n) is 12.3. The first kappa shape index (κ1) is 26.6. The predicted octanol–water partition coefficient (Wildman–Crippen LogP) is 2.57. The Balaban J connectivity index is 1.40. The molecule has 1 amide bonds. The number of carbonyl (C=O) groups excluding carboxylic acids is 2. The molecule has 34 heavy (non-hydrogen) atoms. The van der Waals surface area contributed by atoms with Gasteiger partial charge in [-0.05, 0) is 38.7 Å². The van der Waals surface area contributed by atoms with Crippen LogP contribution in [0.2, 0.25) is 0 Å². The second kappa shape index (κ2) is 12.1. The highest BCUT2D eigenvalue weighted by Gasteiger charge is 2.50. The lowest BCUT2D eigenvalue weighted by Gasteiger charge is -2.39. The average Bonchev–Trinajstić information content (AvgIpc) is 3.52. The maximum Gasteiger partial charge on any atom is 0.303 e. The average molecular weight is 477 g/mol. The van der Waals surface area contributed by atoms with E-state index >= 15 is 0 Å². The van der Waals surface area contributed by atoms with Crippen LogP contribution in [0.25, 0.3) is 0 Å². The van der Waals surface area contributed by atoms with Gasteiger partial charge in [-0.1, -0.05) is 31.2 Å². The van der Waals surface area contributed by atoms with Gasteiger partial charge in [0.05, 0.1) is 42.7 Å². The molecule has 8 heteroatoms. The number of ether oxygens (including phenoxy) is 4. The molecule has 3 heterocycles. The molecule has 0 saturated carbocycles. The molecule has 0 aliphatic carbocycles. The SMILES string of the molecule is CC(=O)O[C@@H](C)/C=C\C(=O)N[C@@H]1C[C@H](C)[C@H](C/C=C/C=C/[C@@H]2C[C@]3(CO3)C[C@@H](CN)O2)O[C@@H]1C. The summed E-state index contributed by atoms with van der Waals surface area (Å²) in [7, 11) is 0.